The second kappa shape index (κ2) is 9.55. The molecule has 5 nitrogen and oxygen atoms in total. The Kier molecular flexibility index (Phi) is 6.40. The number of aromatic nitrogens is 3. The molecule has 3 N–H and O–H groups in total. The van der Waals surface area contributed by atoms with Crippen molar-refractivity contribution in [2.24, 2.45) is 5.41 Å². The lowest BCUT2D eigenvalue weighted by atomic mass is 9.80. The molecule has 2 aromatic carbocycles. The maximum Gasteiger partial charge on any atom is 0.126 e. The number of aryl methyl sites for hydroxylation is 1. The van der Waals surface area contributed by atoms with Crippen molar-refractivity contribution in [3.05, 3.63) is 84.3 Å². The van der Waals surface area contributed by atoms with Crippen LogP contribution in [0.2, 0.25) is 0 Å². The van der Waals surface area contributed by atoms with Gasteiger partial charge in [-0.05, 0) is 86.6 Å². The van der Waals surface area contributed by atoms with Gasteiger partial charge in [-0.2, -0.15) is 0 Å². The molecule has 0 saturated heterocycles. The van der Waals surface area contributed by atoms with Gasteiger partial charge in [-0.1, -0.05) is 38.1 Å². The van der Waals surface area contributed by atoms with E-state index in [-0.39, 0.29) is 11.0 Å². The summed E-state index contributed by atoms with van der Waals surface area (Å²) in [5, 5.41) is 9.68. The van der Waals surface area contributed by atoms with E-state index in [1.807, 2.05) is 24.7 Å². The summed E-state index contributed by atoms with van der Waals surface area (Å²) in [6, 6.07) is 19.2. The normalized spacial score (nSPS) is 12.3. The molecule has 5 rings (SSSR count). The molecule has 0 aliphatic rings. The number of fused-ring (bicyclic) bond motifs is 3. The standard InChI is InChI=1S/C32H37N5/c1-21-8-7-9-27(22(21)2)35-20-31(3,4)19-32(5,6)37-30-13-11-24(17-34-30)23-10-12-25-26-18-33-15-14-28(26)36-29(25)16-23/h7-18,35-36H,19-20H2,1-6H3,(H,34,37). The second-order valence-electron chi connectivity index (χ2n) is 11.7. The summed E-state index contributed by atoms with van der Waals surface area (Å²) >= 11 is 0. The Morgan fingerprint density at radius 3 is 2.43 bits per heavy atom. The Hall–Kier alpha value is -3.86. The number of nitrogens with zero attached hydrogens (tertiary/aromatic N) is 2. The monoisotopic (exact) mass is 491 g/mol. The molecule has 0 bridgehead atoms. The minimum Gasteiger partial charge on any atom is -0.384 e. The fourth-order valence-corrected chi connectivity index (χ4v) is 5.49. The zero-order valence-electron chi connectivity index (χ0n) is 22.7. The van der Waals surface area contributed by atoms with Crippen molar-refractivity contribution in [1.29, 1.82) is 0 Å². The van der Waals surface area contributed by atoms with Gasteiger partial charge in [0.15, 0.2) is 0 Å². The van der Waals surface area contributed by atoms with Crippen LogP contribution in [0, 0.1) is 19.3 Å². The van der Waals surface area contributed by atoms with Crippen LogP contribution < -0.4 is 10.6 Å². The van der Waals surface area contributed by atoms with Crippen LogP contribution in [-0.2, 0) is 0 Å². The van der Waals surface area contributed by atoms with E-state index in [2.05, 4.69) is 111 Å². The molecular weight excluding hydrogens is 454 g/mol. The molecule has 0 aliphatic heterocycles. The third-order valence-electron chi connectivity index (χ3n) is 7.25. The first-order valence-electron chi connectivity index (χ1n) is 13.0. The van der Waals surface area contributed by atoms with Gasteiger partial charge >= 0.3 is 0 Å². The van der Waals surface area contributed by atoms with Gasteiger partial charge in [-0.15, -0.1) is 0 Å². The van der Waals surface area contributed by atoms with E-state index >= 15 is 0 Å². The quantitative estimate of drug-likeness (QED) is 0.205. The Morgan fingerprint density at radius 1 is 0.838 bits per heavy atom. The minimum atomic E-state index is -0.112. The molecule has 0 fully saturated rings. The molecular formula is C32H37N5. The zero-order chi connectivity index (χ0) is 26.2. The van der Waals surface area contributed by atoms with E-state index in [0.717, 1.165) is 46.3 Å². The number of hydrogen-bond acceptors (Lipinski definition) is 4. The molecule has 0 amide bonds. The van der Waals surface area contributed by atoms with Gasteiger partial charge in [0.2, 0.25) is 0 Å². The second-order valence-corrected chi connectivity index (χ2v) is 11.7. The van der Waals surface area contributed by atoms with Crippen molar-refractivity contribution in [2.45, 2.75) is 53.5 Å². The van der Waals surface area contributed by atoms with E-state index in [0.29, 0.717) is 0 Å². The number of hydrogen-bond donors (Lipinski definition) is 3. The molecule has 5 aromatic rings. The van der Waals surface area contributed by atoms with Crippen LogP contribution in [0.15, 0.2) is 73.2 Å². The van der Waals surface area contributed by atoms with Crippen LogP contribution in [0.4, 0.5) is 11.5 Å². The lowest BCUT2D eigenvalue weighted by Gasteiger charge is -2.36. The molecule has 0 atom stereocenters. The SMILES string of the molecule is Cc1cccc(NCC(C)(C)CC(C)(C)Nc2ccc(-c3ccc4c(c3)[nH]c3ccncc34)cn2)c1C. The van der Waals surface area contributed by atoms with Gasteiger partial charge in [-0.25, -0.2) is 4.98 Å². The Bertz CT molecular complexity index is 1540. The molecule has 5 heteroatoms. The van der Waals surface area contributed by atoms with Gasteiger partial charge in [0, 0.05) is 63.7 Å². The van der Waals surface area contributed by atoms with Crippen LogP contribution >= 0.6 is 0 Å². The van der Waals surface area contributed by atoms with Gasteiger partial charge < -0.3 is 15.6 Å². The number of benzene rings is 2. The molecule has 0 radical (unpaired) electrons. The number of nitrogens with one attached hydrogen (secondary N) is 3. The minimum absolute atomic E-state index is 0.0944. The van der Waals surface area contributed by atoms with E-state index in [4.69, 9.17) is 4.98 Å². The number of pyridine rings is 2. The maximum atomic E-state index is 4.76. The number of rotatable bonds is 8. The van der Waals surface area contributed by atoms with Crippen molar-refractivity contribution < 1.29 is 0 Å². The maximum absolute atomic E-state index is 4.76. The first kappa shape index (κ1) is 24.8. The highest BCUT2D eigenvalue weighted by atomic mass is 15.0. The molecule has 190 valence electrons. The van der Waals surface area contributed by atoms with Crippen molar-refractivity contribution >= 4 is 33.3 Å². The lowest BCUT2D eigenvalue weighted by molar-refractivity contribution is 0.289. The average Bonchev–Trinajstić information content (AvgIpc) is 3.22. The Morgan fingerprint density at radius 2 is 1.65 bits per heavy atom. The van der Waals surface area contributed by atoms with E-state index in [9.17, 15) is 0 Å². The summed E-state index contributed by atoms with van der Waals surface area (Å²) in [6.45, 7) is 14.4. The van der Waals surface area contributed by atoms with Crippen LogP contribution in [0.25, 0.3) is 32.9 Å². The predicted molar refractivity (Wildman–Crippen MR) is 157 cm³/mol. The average molecular weight is 492 g/mol. The summed E-state index contributed by atoms with van der Waals surface area (Å²) in [7, 11) is 0. The van der Waals surface area contributed by atoms with Gasteiger partial charge in [0.05, 0.1) is 0 Å². The summed E-state index contributed by atoms with van der Waals surface area (Å²) in [5.41, 5.74) is 8.30. The van der Waals surface area contributed by atoms with Crippen LogP contribution in [-0.4, -0.2) is 27.0 Å². The topological polar surface area (TPSA) is 65.6 Å². The molecule has 0 spiro atoms. The molecule has 3 aromatic heterocycles. The molecule has 0 saturated carbocycles. The highest BCUT2D eigenvalue weighted by molar-refractivity contribution is 6.07. The van der Waals surface area contributed by atoms with Crippen molar-refractivity contribution in [1.82, 2.24) is 15.0 Å². The Labute approximate surface area is 219 Å². The molecule has 3 heterocycles. The van der Waals surface area contributed by atoms with Gasteiger partial charge in [-0.3, -0.25) is 4.98 Å². The van der Waals surface area contributed by atoms with Crippen LogP contribution in [0.5, 0.6) is 0 Å². The number of H-pyrrole nitrogens is 1. The third kappa shape index (κ3) is 5.46. The van der Waals surface area contributed by atoms with Crippen molar-refractivity contribution in [3.63, 3.8) is 0 Å². The third-order valence-corrected chi connectivity index (χ3v) is 7.25. The van der Waals surface area contributed by atoms with Gasteiger partial charge in [0.1, 0.15) is 5.82 Å². The Balaban J connectivity index is 1.25. The fourth-order valence-electron chi connectivity index (χ4n) is 5.49. The van der Waals surface area contributed by atoms with Crippen molar-refractivity contribution in [2.75, 3.05) is 17.2 Å². The van der Waals surface area contributed by atoms with E-state index in [1.54, 1.807) is 0 Å². The highest BCUT2D eigenvalue weighted by Gasteiger charge is 2.29. The van der Waals surface area contributed by atoms with Crippen molar-refractivity contribution in [3.8, 4) is 11.1 Å². The van der Waals surface area contributed by atoms with Gasteiger partial charge in [0.25, 0.3) is 0 Å². The molecule has 0 unspecified atom stereocenters. The fraction of sp³-hybridized carbons (Fsp3) is 0.312. The summed E-state index contributed by atoms with van der Waals surface area (Å²) in [6.07, 6.45) is 6.68. The van der Waals surface area contributed by atoms with Crippen LogP contribution in [0.3, 0.4) is 0 Å². The van der Waals surface area contributed by atoms with Crippen LogP contribution in [0.1, 0.15) is 45.2 Å². The summed E-state index contributed by atoms with van der Waals surface area (Å²) < 4.78 is 0. The first-order chi connectivity index (χ1) is 17.6. The zero-order valence-corrected chi connectivity index (χ0v) is 22.7. The molecule has 37 heavy (non-hydrogen) atoms. The first-order valence-corrected chi connectivity index (χ1v) is 13.0. The smallest absolute Gasteiger partial charge is 0.126 e. The number of aromatic amines is 1. The van der Waals surface area contributed by atoms with E-state index in [1.165, 1.54) is 22.2 Å². The largest absolute Gasteiger partial charge is 0.384 e. The summed E-state index contributed by atoms with van der Waals surface area (Å²) in [5.74, 6) is 0.893. The number of anilines is 2. The highest BCUT2D eigenvalue weighted by Crippen LogP contribution is 2.32. The lowest BCUT2D eigenvalue weighted by Crippen LogP contribution is -2.39. The molecule has 0 aliphatic carbocycles. The summed E-state index contributed by atoms with van der Waals surface area (Å²) in [4.78, 5) is 12.5. The predicted octanol–water partition coefficient (Wildman–Crippen LogP) is 8.11. The van der Waals surface area contributed by atoms with E-state index < -0.39 is 0 Å².